The summed E-state index contributed by atoms with van der Waals surface area (Å²) < 4.78 is 0. The molecule has 1 N–H and O–H groups in total. The summed E-state index contributed by atoms with van der Waals surface area (Å²) in [4.78, 5) is 19.9. The lowest BCUT2D eigenvalue weighted by atomic mass is 10.1. The van der Waals surface area contributed by atoms with E-state index in [4.69, 9.17) is 0 Å². The van der Waals surface area contributed by atoms with Crippen molar-refractivity contribution in [1.29, 1.82) is 0 Å². The average molecular weight is 241 g/mol. The molecule has 0 aliphatic rings. The molecule has 4 nitrogen and oxygen atoms in total. The molecule has 0 radical (unpaired) electrons. The number of hydrogen-bond donors (Lipinski definition) is 1. The minimum Gasteiger partial charge on any atom is -0.320 e. The lowest BCUT2D eigenvalue weighted by Gasteiger charge is -2.12. The smallest absolute Gasteiger partial charge is 0.275 e. The van der Waals surface area contributed by atoms with Crippen LogP contribution in [-0.4, -0.2) is 15.9 Å². The van der Waals surface area contributed by atoms with Gasteiger partial charge < -0.3 is 5.32 Å². The van der Waals surface area contributed by atoms with Crippen LogP contribution in [0.15, 0.2) is 36.8 Å². The van der Waals surface area contributed by atoms with Gasteiger partial charge in [-0.05, 0) is 24.5 Å². The van der Waals surface area contributed by atoms with E-state index in [-0.39, 0.29) is 5.91 Å². The molecule has 0 bridgehead atoms. The second-order valence-corrected chi connectivity index (χ2v) is 4.01. The van der Waals surface area contributed by atoms with Gasteiger partial charge in [-0.3, -0.25) is 9.78 Å². The third-order valence-electron chi connectivity index (χ3n) is 2.77. The number of aryl methyl sites for hydroxylation is 2. The van der Waals surface area contributed by atoms with Crippen LogP contribution in [0.5, 0.6) is 0 Å². The number of carbonyl (C=O) groups excluding carboxylic acids is 1. The zero-order valence-electron chi connectivity index (χ0n) is 10.5. The molecule has 0 spiro atoms. The zero-order valence-corrected chi connectivity index (χ0v) is 10.5. The van der Waals surface area contributed by atoms with Crippen LogP contribution in [0.3, 0.4) is 0 Å². The van der Waals surface area contributed by atoms with Gasteiger partial charge in [0.15, 0.2) is 0 Å². The number of carbonyl (C=O) groups is 1. The molecule has 1 aromatic carbocycles. The van der Waals surface area contributed by atoms with Crippen molar-refractivity contribution in [2.75, 3.05) is 5.32 Å². The van der Waals surface area contributed by atoms with Crippen LogP contribution in [0, 0.1) is 6.92 Å². The topological polar surface area (TPSA) is 54.9 Å². The molecule has 0 unspecified atom stereocenters. The van der Waals surface area contributed by atoms with Crippen LogP contribution < -0.4 is 5.32 Å². The summed E-state index contributed by atoms with van der Waals surface area (Å²) in [5.41, 5.74) is 3.36. The summed E-state index contributed by atoms with van der Waals surface area (Å²) in [5.74, 6) is -0.230. The van der Waals surface area contributed by atoms with Gasteiger partial charge in [-0.1, -0.05) is 25.1 Å². The van der Waals surface area contributed by atoms with E-state index >= 15 is 0 Å². The fourth-order valence-electron chi connectivity index (χ4n) is 1.80. The molecule has 92 valence electrons. The number of rotatable bonds is 3. The molecule has 2 rings (SSSR count). The van der Waals surface area contributed by atoms with Crippen molar-refractivity contribution in [3.63, 3.8) is 0 Å². The third-order valence-corrected chi connectivity index (χ3v) is 2.77. The largest absolute Gasteiger partial charge is 0.320 e. The Balaban J connectivity index is 2.27. The summed E-state index contributed by atoms with van der Waals surface area (Å²) in [7, 11) is 0. The molecule has 0 atom stereocenters. The Morgan fingerprint density at radius 2 is 2.17 bits per heavy atom. The van der Waals surface area contributed by atoms with Crippen molar-refractivity contribution in [3.05, 3.63) is 53.6 Å². The van der Waals surface area contributed by atoms with Gasteiger partial charge in [0.25, 0.3) is 5.91 Å². The van der Waals surface area contributed by atoms with E-state index in [0.717, 1.165) is 23.2 Å². The van der Waals surface area contributed by atoms with Crippen molar-refractivity contribution in [3.8, 4) is 0 Å². The number of nitrogens with zero attached hydrogens (tertiary/aromatic N) is 2. The van der Waals surface area contributed by atoms with Gasteiger partial charge in [-0.2, -0.15) is 0 Å². The minimum atomic E-state index is -0.230. The molecule has 1 heterocycles. The minimum absolute atomic E-state index is 0.230. The molecule has 2 aromatic rings. The Labute approximate surface area is 106 Å². The quantitative estimate of drug-likeness (QED) is 0.898. The summed E-state index contributed by atoms with van der Waals surface area (Å²) in [6.07, 6.45) is 5.38. The first-order chi connectivity index (χ1) is 8.72. The molecule has 0 fully saturated rings. The first kappa shape index (κ1) is 12.2. The van der Waals surface area contributed by atoms with Crippen molar-refractivity contribution < 1.29 is 4.79 Å². The monoisotopic (exact) mass is 241 g/mol. The highest BCUT2D eigenvalue weighted by Crippen LogP contribution is 2.21. The molecular weight excluding hydrogens is 226 g/mol. The summed E-state index contributed by atoms with van der Waals surface area (Å²) in [5, 5.41) is 2.90. The van der Waals surface area contributed by atoms with E-state index in [1.165, 1.54) is 12.4 Å². The normalized spacial score (nSPS) is 10.1. The van der Waals surface area contributed by atoms with E-state index < -0.39 is 0 Å². The molecular formula is C14H15N3O. The summed E-state index contributed by atoms with van der Waals surface area (Å²) >= 11 is 0. The van der Waals surface area contributed by atoms with Crippen LogP contribution in [-0.2, 0) is 6.42 Å². The van der Waals surface area contributed by atoms with Crippen LogP contribution in [0.1, 0.15) is 28.5 Å². The lowest BCUT2D eigenvalue weighted by molar-refractivity contribution is 0.102. The Bertz CT molecular complexity index is 552. The summed E-state index contributed by atoms with van der Waals surface area (Å²) in [6.45, 7) is 4.04. The molecule has 0 saturated heterocycles. The van der Waals surface area contributed by atoms with Crippen molar-refractivity contribution in [2.45, 2.75) is 20.3 Å². The fourth-order valence-corrected chi connectivity index (χ4v) is 1.80. The standard InChI is InChI=1S/C14H15N3O/c1-3-11-6-4-5-10(2)13(11)17-14(18)12-9-15-7-8-16-12/h4-9H,3H2,1-2H3,(H,17,18). The highest BCUT2D eigenvalue weighted by molar-refractivity contribution is 6.03. The molecule has 1 amide bonds. The van der Waals surface area contributed by atoms with E-state index in [1.54, 1.807) is 6.20 Å². The van der Waals surface area contributed by atoms with E-state index in [9.17, 15) is 4.79 Å². The maximum absolute atomic E-state index is 12.0. The Morgan fingerprint density at radius 3 is 2.83 bits per heavy atom. The van der Waals surface area contributed by atoms with Crippen LogP contribution >= 0.6 is 0 Å². The number of hydrogen-bond acceptors (Lipinski definition) is 3. The molecule has 0 aliphatic heterocycles. The van der Waals surface area contributed by atoms with Crippen molar-refractivity contribution in [1.82, 2.24) is 9.97 Å². The average Bonchev–Trinajstić information content (AvgIpc) is 2.42. The van der Waals surface area contributed by atoms with Crippen LogP contribution in [0.25, 0.3) is 0 Å². The van der Waals surface area contributed by atoms with Crippen LogP contribution in [0.2, 0.25) is 0 Å². The van der Waals surface area contributed by atoms with Gasteiger partial charge in [0, 0.05) is 18.1 Å². The molecule has 1 aromatic heterocycles. The summed E-state index contributed by atoms with van der Waals surface area (Å²) in [6, 6.07) is 5.98. The van der Waals surface area contributed by atoms with Gasteiger partial charge in [-0.25, -0.2) is 4.98 Å². The lowest BCUT2D eigenvalue weighted by Crippen LogP contribution is -2.15. The third kappa shape index (κ3) is 2.53. The SMILES string of the molecule is CCc1cccc(C)c1NC(=O)c1cnccn1. The van der Waals surface area contributed by atoms with E-state index in [2.05, 4.69) is 22.2 Å². The number of nitrogens with one attached hydrogen (secondary N) is 1. The number of para-hydroxylation sites is 1. The number of benzene rings is 1. The van der Waals surface area contributed by atoms with Crippen molar-refractivity contribution in [2.24, 2.45) is 0 Å². The highest BCUT2D eigenvalue weighted by Gasteiger charge is 2.11. The molecule has 0 aliphatic carbocycles. The Morgan fingerprint density at radius 1 is 1.33 bits per heavy atom. The first-order valence-electron chi connectivity index (χ1n) is 5.88. The number of amides is 1. The maximum atomic E-state index is 12.0. The zero-order chi connectivity index (χ0) is 13.0. The fraction of sp³-hybridized carbons (Fsp3) is 0.214. The predicted octanol–water partition coefficient (Wildman–Crippen LogP) is 2.60. The van der Waals surface area contributed by atoms with E-state index in [0.29, 0.717) is 5.69 Å². The number of aromatic nitrogens is 2. The number of anilines is 1. The van der Waals surface area contributed by atoms with Gasteiger partial charge in [0.1, 0.15) is 5.69 Å². The first-order valence-corrected chi connectivity index (χ1v) is 5.88. The maximum Gasteiger partial charge on any atom is 0.275 e. The highest BCUT2D eigenvalue weighted by atomic mass is 16.1. The van der Waals surface area contributed by atoms with Gasteiger partial charge in [-0.15, -0.1) is 0 Å². The van der Waals surface area contributed by atoms with Gasteiger partial charge >= 0.3 is 0 Å². The van der Waals surface area contributed by atoms with Gasteiger partial charge in [0.2, 0.25) is 0 Å². The molecule has 0 saturated carbocycles. The second kappa shape index (κ2) is 5.40. The van der Waals surface area contributed by atoms with Gasteiger partial charge in [0.05, 0.1) is 6.20 Å². The second-order valence-electron chi connectivity index (χ2n) is 4.01. The molecule has 4 heteroatoms. The van der Waals surface area contributed by atoms with E-state index in [1.807, 2.05) is 25.1 Å². The Kier molecular flexibility index (Phi) is 3.67. The van der Waals surface area contributed by atoms with Crippen LogP contribution in [0.4, 0.5) is 5.69 Å². The molecule has 18 heavy (non-hydrogen) atoms. The van der Waals surface area contributed by atoms with Crippen molar-refractivity contribution >= 4 is 11.6 Å². The Hall–Kier alpha value is -2.23. The predicted molar refractivity (Wildman–Crippen MR) is 70.5 cm³/mol.